The summed E-state index contributed by atoms with van der Waals surface area (Å²) < 4.78 is 34.0. The van der Waals surface area contributed by atoms with E-state index in [9.17, 15) is 19.0 Å². The fourth-order valence-corrected chi connectivity index (χ4v) is 7.98. The second kappa shape index (κ2) is 54.0. The SMILES string of the molecule is CC/C=C\C/C=C\C/C=C\C/C=C\C/C=C\C/C=C\C/C=C\C/C=C\C/C=C\C/C=C\C/C=C\CCCCCCCC(=O)OC(COC(=O)CCCCCCCCCCCCC)COP(=O)([O-])OCC[N+](C)(C)C. The number of unbranched alkanes of at least 4 members (excludes halogenated alkanes) is 15. The molecule has 0 aliphatic heterocycles. The minimum Gasteiger partial charge on any atom is -0.756 e. The minimum atomic E-state index is -4.64. The summed E-state index contributed by atoms with van der Waals surface area (Å²) in [5, 5.41) is 0. The summed E-state index contributed by atoms with van der Waals surface area (Å²) in [7, 11) is 1.14. The first-order chi connectivity index (χ1) is 36.0. The molecular weight excluding hydrogens is 942 g/mol. The summed E-state index contributed by atoms with van der Waals surface area (Å²) >= 11 is 0. The van der Waals surface area contributed by atoms with Crippen LogP contribution in [0.25, 0.3) is 0 Å². The lowest BCUT2D eigenvalue weighted by Crippen LogP contribution is -2.37. The molecule has 9 nitrogen and oxygen atoms in total. The molecule has 0 fully saturated rings. The van der Waals surface area contributed by atoms with Gasteiger partial charge < -0.3 is 27.9 Å². The summed E-state index contributed by atoms with van der Waals surface area (Å²) in [6.07, 6.45) is 78.0. The zero-order valence-electron chi connectivity index (χ0n) is 47.5. The quantitative estimate of drug-likeness (QED) is 0.0195. The van der Waals surface area contributed by atoms with Gasteiger partial charge in [-0.3, -0.25) is 14.2 Å². The molecule has 0 aromatic rings. The second-order valence-electron chi connectivity index (χ2n) is 19.9. The summed E-state index contributed by atoms with van der Waals surface area (Å²) in [5.74, 6) is -0.865. The first kappa shape index (κ1) is 70.1. The van der Waals surface area contributed by atoms with Crippen LogP contribution in [0.5, 0.6) is 0 Å². The number of phosphoric ester groups is 1. The highest BCUT2D eigenvalue weighted by atomic mass is 31.2. The number of nitrogens with zero attached hydrogens (tertiary/aromatic N) is 1. The van der Waals surface area contributed by atoms with Crippen molar-refractivity contribution in [1.29, 1.82) is 0 Å². The third-order valence-electron chi connectivity index (χ3n) is 11.7. The first-order valence-corrected chi connectivity index (χ1v) is 30.4. The monoisotopic (exact) mass is 1050 g/mol. The van der Waals surface area contributed by atoms with Crippen molar-refractivity contribution in [3.63, 3.8) is 0 Å². The third-order valence-corrected chi connectivity index (χ3v) is 12.6. The number of likely N-dealkylation sites (N-methyl/N-ethyl adjacent to an activating group) is 1. The minimum absolute atomic E-state index is 0.0406. The van der Waals surface area contributed by atoms with Crippen LogP contribution in [0.15, 0.2) is 134 Å². The zero-order chi connectivity index (χ0) is 54.2. The van der Waals surface area contributed by atoms with E-state index in [4.69, 9.17) is 18.5 Å². The number of carbonyl (C=O) groups excluding carboxylic acids is 2. The van der Waals surface area contributed by atoms with Crippen molar-refractivity contribution in [2.75, 3.05) is 47.5 Å². The smallest absolute Gasteiger partial charge is 0.306 e. The predicted octanol–water partition coefficient (Wildman–Crippen LogP) is 17.5. The molecule has 420 valence electrons. The van der Waals surface area contributed by atoms with Crippen molar-refractivity contribution in [2.45, 2.75) is 213 Å². The van der Waals surface area contributed by atoms with Crippen LogP contribution in [0.3, 0.4) is 0 Å². The topological polar surface area (TPSA) is 111 Å². The Morgan fingerprint density at radius 1 is 0.432 bits per heavy atom. The van der Waals surface area contributed by atoms with Gasteiger partial charge in [0.1, 0.15) is 19.8 Å². The number of rotatable bonds is 51. The van der Waals surface area contributed by atoms with Crippen molar-refractivity contribution in [3.8, 4) is 0 Å². The van der Waals surface area contributed by atoms with Gasteiger partial charge in [-0.05, 0) is 96.3 Å². The van der Waals surface area contributed by atoms with Gasteiger partial charge in [-0.15, -0.1) is 0 Å². The number of ether oxygens (including phenoxy) is 2. The van der Waals surface area contributed by atoms with Gasteiger partial charge in [0.2, 0.25) is 0 Å². The standard InChI is InChI=1S/C64H106NO8P/c1-6-8-10-12-14-16-18-19-20-21-22-23-24-25-26-27-28-29-30-31-32-33-34-35-36-37-38-39-40-41-42-43-44-45-47-49-51-53-55-57-64(67)73-62(61-72-74(68,69)71-59-58-65(3,4)5)60-70-63(66)56-54-52-50-48-46-17-15-13-11-9-7-2/h8,10,14,16,19-20,22-23,25-26,28-29,31-32,34-35,37-38,40-41,43-44,62H,6-7,9,11-13,15,17-18,21,24,27,30,33,36,39,42,45-61H2,1-5H3/b10-8-,16-14-,20-19-,23-22-,26-25-,29-28-,32-31-,35-34-,38-37-,41-40-,44-43-. The van der Waals surface area contributed by atoms with Crippen LogP contribution in [-0.4, -0.2) is 70.0 Å². The normalized spacial score (nSPS) is 14.3. The van der Waals surface area contributed by atoms with Crippen LogP contribution in [0, 0.1) is 0 Å². The number of esters is 2. The largest absolute Gasteiger partial charge is 0.756 e. The molecule has 2 atom stereocenters. The Morgan fingerprint density at radius 3 is 1.15 bits per heavy atom. The molecule has 74 heavy (non-hydrogen) atoms. The molecule has 0 bridgehead atoms. The summed E-state index contributed by atoms with van der Waals surface area (Å²) in [5.41, 5.74) is 0. The molecule has 0 aliphatic rings. The number of hydrogen-bond acceptors (Lipinski definition) is 8. The van der Waals surface area contributed by atoms with Gasteiger partial charge in [0.25, 0.3) is 7.82 Å². The van der Waals surface area contributed by atoms with E-state index in [1.807, 2.05) is 21.1 Å². The van der Waals surface area contributed by atoms with Crippen LogP contribution >= 0.6 is 7.82 Å². The molecule has 0 aromatic heterocycles. The van der Waals surface area contributed by atoms with E-state index in [2.05, 4.69) is 148 Å². The van der Waals surface area contributed by atoms with E-state index in [-0.39, 0.29) is 26.1 Å². The van der Waals surface area contributed by atoms with Gasteiger partial charge in [0.05, 0.1) is 27.7 Å². The summed E-state index contributed by atoms with van der Waals surface area (Å²) in [6.45, 7) is 4.07. The van der Waals surface area contributed by atoms with Crippen LogP contribution in [-0.2, 0) is 32.7 Å². The van der Waals surface area contributed by atoms with Gasteiger partial charge >= 0.3 is 11.9 Å². The number of allylic oxidation sites excluding steroid dienone is 22. The fourth-order valence-electron chi connectivity index (χ4n) is 7.25. The first-order valence-electron chi connectivity index (χ1n) is 28.9. The third kappa shape index (κ3) is 57.4. The Bertz CT molecular complexity index is 1710. The average molecular weight is 1050 g/mol. The van der Waals surface area contributed by atoms with Crippen LogP contribution in [0.4, 0.5) is 0 Å². The van der Waals surface area contributed by atoms with Crippen molar-refractivity contribution < 1.29 is 42.1 Å². The second-order valence-corrected chi connectivity index (χ2v) is 21.3. The number of phosphoric acid groups is 1. The maximum atomic E-state index is 12.8. The Hall–Kier alpha value is -3.85. The Kier molecular flexibility index (Phi) is 51.2. The lowest BCUT2D eigenvalue weighted by molar-refractivity contribution is -0.870. The van der Waals surface area contributed by atoms with E-state index in [0.717, 1.165) is 122 Å². The predicted molar refractivity (Wildman–Crippen MR) is 314 cm³/mol. The van der Waals surface area contributed by atoms with E-state index in [1.54, 1.807) is 0 Å². The Labute approximate surface area is 453 Å². The van der Waals surface area contributed by atoms with Crippen molar-refractivity contribution in [1.82, 2.24) is 0 Å². The lowest BCUT2D eigenvalue weighted by Gasteiger charge is -2.28. The van der Waals surface area contributed by atoms with Crippen LogP contribution < -0.4 is 4.89 Å². The number of hydrogen-bond donors (Lipinski definition) is 0. The van der Waals surface area contributed by atoms with Crippen LogP contribution in [0.2, 0.25) is 0 Å². The van der Waals surface area contributed by atoms with E-state index in [1.165, 1.54) is 51.4 Å². The Morgan fingerprint density at radius 2 is 0.770 bits per heavy atom. The molecule has 0 radical (unpaired) electrons. The molecular formula is C64H106NO8P. The molecule has 0 N–H and O–H groups in total. The molecule has 2 unspecified atom stereocenters. The molecule has 10 heteroatoms. The van der Waals surface area contributed by atoms with Gasteiger partial charge in [-0.1, -0.05) is 231 Å². The zero-order valence-corrected chi connectivity index (χ0v) is 48.4. The average Bonchev–Trinajstić information content (AvgIpc) is 3.36. The number of carbonyl (C=O) groups is 2. The van der Waals surface area contributed by atoms with E-state index in [0.29, 0.717) is 17.4 Å². The van der Waals surface area contributed by atoms with E-state index >= 15 is 0 Å². The summed E-state index contributed by atoms with van der Waals surface area (Å²) in [4.78, 5) is 37.7. The fraction of sp³-hybridized carbons (Fsp3) is 0.625. The molecule has 0 saturated carbocycles. The van der Waals surface area contributed by atoms with Crippen molar-refractivity contribution >= 4 is 19.8 Å². The number of quaternary nitrogens is 1. The summed E-state index contributed by atoms with van der Waals surface area (Å²) in [6, 6.07) is 0. The van der Waals surface area contributed by atoms with Gasteiger partial charge in [0, 0.05) is 12.8 Å². The van der Waals surface area contributed by atoms with Gasteiger partial charge in [-0.25, -0.2) is 0 Å². The molecule has 0 heterocycles. The highest BCUT2D eigenvalue weighted by Crippen LogP contribution is 2.38. The Balaban J connectivity index is 4.15. The maximum absolute atomic E-state index is 12.8. The maximum Gasteiger partial charge on any atom is 0.306 e. The van der Waals surface area contributed by atoms with Gasteiger partial charge in [0.15, 0.2) is 6.10 Å². The highest BCUT2D eigenvalue weighted by molar-refractivity contribution is 7.45. The lowest BCUT2D eigenvalue weighted by atomic mass is 10.1. The molecule has 0 rings (SSSR count). The molecule has 0 saturated heterocycles. The van der Waals surface area contributed by atoms with Crippen molar-refractivity contribution in [2.24, 2.45) is 0 Å². The molecule has 0 amide bonds. The highest BCUT2D eigenvalue weighted by Gasteiger charge is 2.21. The molecule has 0 aromatic carbocycles. The van der Waals surface area contributed by atoms with E-state index < -0.39 is 32.5 Å². The van der Waals surface area contributed by atoms with Gasteiger partial charge in [-0.2, -0.15) is 0 Å². The van der Waals surface area contributed by atoms with Crippen molar-refractivity contribution in [3.05, 3.63) is 134 Å². The molecule has 0 spiro atoms. The molecule has 0 aliphatic carbocycles. The van der Waals surface area contributed by atoms with Crippen LogP contribution in [0.1, 0.15) is 206 Å².